The summed E-state index contributed by atoms with van der Waals surface area (Å²) in [5.41, 5.74) is 2.52. The molecule has 0 saturated heterocycles. The van der Waals surface area contributed by atoms with Gasteiger partial charge in [-0.15, -0.1) is 11.3 Å². The summed E-state index contributed by atoms with van der Waals surface area (Å²) in [7, 11) is 0. The van der Waals surface area contributed by atoms with Crippen molar-refractivity contribution in [3.05, 3.63) is 70.2 Å². The molecule has 1 heterocycles. The second kappa shape index (κ2) is 8.79. The quantitative estimate of drug-likeness (QED) is 0.635. The van der Waals surface area contributed by atoms with Gasteiger partial charge >= 0.3 is 11.8 Å². The van der Waals surface area contributed by atoms with Crippen LogP contribution in [0.25, 0.3) is 10.6 Å². The van der Waals surface area contributed by atoms with E-state index in [2.05, 4.69) is 15.6 Å². The monoisotopic (exact) mass is 399 g/mol. The van der Waals surface area contributed by atoms with Gasteiger partial charge in [-0.2, -0.15) is 0 Å². The van der Waals surface area contributed by atoms with Crippen molar-refractivity contribution in [3.63, 3.8) is 0 Å². The molecule has 0 atom stereocenters. The first kappa shape index (κ1) is 19.1. The summed E-state index contributed by atoms with van der Waals surface area (Å²) in [6, 6.07) is 16.4. The zero-order valence-electron chi connectivity index (χ0n) is 14.7. The molecule has 1 aromatic heterocycles. The molecular formula is C20H18ClN3O2S. The molecule has 2 aromatic carbocycles. The predicted octanol–water partition coefficient (Wildman–Crippen LogP) is 4.07. The van der Waals surface area contributed by atoms with Crippen LogP contribution in [0.4, 0.5) is 5.69 Å². The maximum Gasteiger partial charge on any atom is 0.313 e. The van der Waals surface area contributed by atoms with Crippen molar-refractivity contribution in [2.75, 3.05) is 11.9 Å². The summed E-state index contributed by atoms with van der Waals surface area (Å²) in [5, 5.41) is 6.80. The third-order valence-corrected chi connectivity index (χ3v) is 5.38. The van der Waals surface area contributed by atoms with Crippen LogP contribution < -0.4 is 10.6 Å². The third kappa shape index (κ3) is 5.15. The van der Waals surface area contributed by atoms with Gasteiger partial charge < -0.3 is 10.6 Å². The zero-order chi connectivity index (χ0) is 19.2. The number of hydrogen-bond acceptors (Lipinski definition) is 4. The van der Waals surface area contributed by atoms with E-state index >= 15 is 0 Å². The predicted molar refractivity (Wildman–Crippen MR) is 109 cm³/mol. The van der Waals surface area contributed by atoms with E-state index in [1.807, 2.05) is 37.3 Å². The highest BCUT2D eigenvalue weighted by Crippen LogP contribution is 2.28. The molecule has 0 saturated carbocycles. The number of benzene rings is 2. The van der Waals surface area contributed by atoms with Crippen molar-refractivity contribution >= 4 is 40.4 Å². The van der Waals surface area contributed by atoms with Crippen LogP contribution in [0.5, 0.6) is 0 Å². The van der Waals surface area contributed by atoms with Crippen molar-refractivity contribution in [1.82, 2.24) is 10.3 Å². The van der Waals surface area contributed by atoms with Gasteiger partial charge in [-0.25, -0.2) is 4.98 Å². The Balaban J connectivity index is 1.53. The Labute approximate surface area is 166 Å². The van der Waals surface area contributed by atoms with E-state index in [-0.39, 0.29) is 0 Å². The Morgan fingerprint density at radius 2 is 1.74 bits per heavy atom. The van der Waals surface area contributed by atoms with Crippen molar-refractivity contribution in [2.45, 2.75) is 13.3 Å². The molecule has 138 valence electrons. The van der Waals surface area contributed by atoms with E-state index in [1.165, 1.54) is 0 Å². The van der Waals surface area contributed by atoms with E-state index in [0.717, 1.165) is 21.1 Å². The van der Waals surface area contributed by atoms with Gasteiger partial charge in [-0.1, -0.05) is 41.9 Å². The van der Waals surface area contributed by atoms with Gasteiger partial charge in [-0.05, 0) is 31.2 Å². The van der Waals surface area contributed by atoms with Crippen LogP contribution >= 0.6 is 22.9 Å². The van der Waals surface area contributed by atoms with Crippen molar-refractivity contribution in [3.8, 4) is 10.6 Å². The highest BCUT2D eigenvalue weighted by molar-refractivity contribution is 7.15. The van der Waals surface area contributed by atoms with Gasteiger partial charge in [0.2, 0.25) is 0 Å². The topological polar surface area (TPSA) is 71.1 Å². The molecule has 0 unspecified atom stereocenters. The van der Waals surface area contributed by atoms with Crippen LogP contribution in [0.3, 0.4) is 0 Å². The fourth-order valence-corrected chi connectivity index (χ4v) is 3.65. The number of aromatic nitrogens is 1. The largest absolute Gasteiger partial charge is 0.347 e. The number of amides is 2. The smallest absolute Gasteiger partial charge is 0.313 e. The number of carbonyl (C=O) groups is 2. The molecule has 2 amide bonds. The van der Waals surface area contributed by atoms with Gasteiger partial charge in [0.15, 0.2) is 0 Å². The second-order valence-electron chi connectivity index (χ2n) is 5.86. The highest BCUT2D eigenvalue weighted by Gasteiger charge is 2.14. The summed E-state index contributed by atoms with van der Waals surface area (Å²) in [4.78, 5) is 29.5. The first-order valence-electron chi connectivity index (χ1n) is 8.39. The highest BCUT2D eigenvalue weighted by atomic mass is 35.5. The molecule has 0 fully saturated rings. The molecule has 0 radical (unpaired) electrons. The van der Waals surface area contributed by atoms with E-state index in [4.69, 9.17) is 11.6 Å². The van der Waals surface area contributed by atoms with Crippen LogP contribution in [-0.2, 0) is 16.0 Å². The van der Waals surface area contributed by atoms with Crippen LogP contribution in [0, 0.1) is 6.92 Å². The van der Waals surface area contributed by atoms with E-state index in [1.54, 1.807) is 35.6 Å². The Morgan fingerprint density at radius 3 is 2.44 bits per heavy atom. The summed E-state index contributed by atoms with van der Waals surface area (Å²) >= 11 is 7.50. The molecule has 0 aliphatic rings. The van der Waals surface area contributed by atoms with Crippen molar-refractivity contribution in [1.29, 1.82) is 0 Å². The van der Waals surface area contributed by atoms with Crippen LogP contribution in [0.1, 0.15) is 10.6 Å². The summed E-state index contributed by atoms with van der Waals surface area (Å²) < 4.78 is 0. The molecule has 5 nitrogen and oxygen atoms in total. The van der Waals surface area contributed by atoms with Gasteiger partial charge in [0, 0.05) is 34.1 Å². The summed E-state index contributed by atoms with van der Waals surface area (Å²) in [6.07, 6.45) is 0.613. The molecule has 0 aliphatic carbocycles. The number of hydrogen-bond donors (Lipinski definition) is 2. The fraction of sp³-hybridized carbons (Fsp3) is 0.150. The summed E-state index contributed by atoms with van der Waals surface area (Å²) in [5.74, 6) is -1.33. The number of anilines is 1. The lowest BCUT2D eigenvalue weighted by atomic mass is 10.2. The van der Waals surface area contributed by atoms with Crippen molar-refractivity contribution < 1.29 is 9.59 Å². The standard InChI is InChI=1S/C20H18ClN3O2S/c1-13-17(27-20(23-13)14-7-9-15(21)10-8-14)11-12-22-18(25)19(26)24-16-5-3-2-4-6-16/h2-10H,11-12H2,1H3,(H,22,25)(H,24,26). The number of thiazole rings is 1. The normalized spacial score (nSPS) is 10.4. The molecule has 0 aliphatic heterocycles. The third-order valence-electron chi connectivity index (χ3n) is 3.86. The molecule has 27 heavy (non-hydrogen) atoms. The first-order valence-corrected chi connectivity index (χ1v) is 9.59. The number of halogens is 1. The molecule has 7 heteroatoms. The number of aryl methyl sites for hydroxylation is 1. The molecule has 0 spiro atoms. The zero-order valence-corrected chi connectivity index (χ0v) is 16.2. The number of para-hydroxylation sites is 1. The van der Waals surface area contributed by atoms with Crippen LogP contribution in [-0.4, -0.2) is 23.3 Å². The second-order valence-corrected chi connectivity index (χ2v) is 7.38. The number of nitrogens with zero attached hydrogens (tertiary/aromatic N) is 1. The fourth-order valence-electron chi connectivity index (χ4n) is 2.46. The molecule has 3 aromatic rings. The Hall–Kier alpha value is -2.70. The molecular weight excluding hydrogens is 382 g/mol. The molecule has 0 bridgehead atoms. The van der Waals surface area contributed by atoms with E-state index in [9.17, 15) is 9.59 Å². The lowest BCUT2D eigenvalue weighted by Gasteiger charge is -2.06. The van der Waals surface area contributed by atoms with E-state index in [0.29, 0.717) is 23.7 Å². The maximum atomic E-state index is 11.9. The minimum atomic E-state index is -0.677. The Kier molecular flexibility index (Phi) is 6.21. The number of carbonyl (C=O) groups excluding carboxylic acids is 2. The van der Waals surface area contributed by atoms with Gasteiger partial charge in [0.25, 0.3) is 0 Å². The maximum absolute atomic E-state index is 11.9. The molecule has 3 rings (SSSR count). The lowest BCUT2D eigenvalue weighted by Crippen LogP contribution is -2.36. The van der Waals surface area contributed by atoms with Gasteiger partial charge in [0.1, 0.15) is 5.01 Å². The lowest BCUT2D eigenvalue weighted by molar-refractivity contribution is -0.136. The SMILES string of the molecule is Cc1nc(-c2ccc(Cl)cc2)sc1CCNC(=O)C(=O)Nc1ccccc1. The number of nitrogens with one attached hydrogen (secondary N) is 2. The average Bonchev–Trinajstić information content (AvgIpc) is 3.03. The summed E-state index contributed by atoms with van der Waals surface area (Å²) in [6.45, 7) is 2.30. The first-order chi connectivity index (χ1) is 13.0. The molecule has 2 N–H and O–H groups in total. The average molecular weight is 400 g/mol. The van der Waals surface area contributed by atoms with Gasteiger partial charge in [-0.3, -0.25) is 9.59 Å². The Morgan fingerprint density at radius 1 is 1.04 bits per heavy atom. The minimum Gasteiger partial charge on any atom is -0.347 e. The number of rotatable bonds is 5. The van der Waals surface area contributed by atoms with Crippen molar-refractivity contribution in [2.24, 2.45) is 0 Å². The van der Waals surface area contributed by atoms with Gasteiger partial charge in [0.05, 0.1) is 5.69 Å². The van der Waals surface area contributed by atoms with E-state index < -0.39 is 11.8 Å². The van der Waals surface area contributed by atoms with Crippen LogP contribution in [0.2, 0.25) is 5.02 Å². The Bertz CT molecular complexity index is 940. The minimum absolute atomic E-state index is 0.365. The van der Waals surface area contributed by atoms with Crippen LogP contribution in [0.15, 0.2) is 54.6 Å².